The van der Waals surface area contributed by atoms with Crippen LogP contribution in [0.2, 0.25) is 10.0 Å². The summed E-state index contributed by atoms with van der Waals surface area (Å²) in [6, 6.07) is 13.0. The van der Waals surface area contributed by atoms with Crippen LogP contribution in [0.5, 0.6) is 5.75 Å². The van der Waals surface area contributed by atoms with Crippen LogP contribution in [0.3, 0.4) is 0 Å². The summed E-state index contributed by atoms with van der Waals surface area (Å²) in [5, 5.41) is 3.10. The largest absolute Gasteiger partial charge is 0.611 e. The Kier molecular flexibility index (Phi) is 8.73. The first-order valence-electron chi connectivity index (χ1n) is 7.00. The molecule has 1 unspecified atom stereocenters. The SMILES string of the molecule is COc1cccc([S+]([O-])CC=CSSCc2ccc(Cl)c(Cl)c2)c1. The number of halogens is 2. The van der Waals surface area contributed by atoms with Crippen molar-refractivity contribution >= 4 is 56.0 Å². The van der Waals surface area contributed by atoms with Gasteiger partial charge in [-0.15, -0.1) is 0 Å². The molecule has 7 heteroatoms. The Morgan fingerprint density at radius 3 is 2.75 bits per heavy atom. The van der Waals surface area contributed by atoms with E-state index >= 15 is 0 Å². The van der Waals surface area contributed by atoms with Crippen molar-refractivity contribution in [1.82, 2.24) is 0 Å². The lowest BCUT2D eigenvalue weighted by atomic mass is 10.2. The van der Waals surface area contributed by atoms with E-state index in [4.69, 9.17) is 27.9 Å². The fourth-order valence-electron chi connectivity index (χ4n) is 1.78. The Bertz CT molecular complexity index is 695. The molecule has 0 aliphatic carbocycles. The van der Waals surface area contributed by atoms with Crippen molar-refractivity contribution in [3.63, 3.8) is 0 Å². The maximum Gasteiger partial charge on any atom is 0.156 e. The van der Waals surface area contributed by atoms with E-state index in [1.54, 1.807) is 40.8 Å². The molecule has 2 aromatic rings. The lowest BCUT2D eigenvalue weighted by Gasteiger charge is -2.09. The third-order valence-corrected chi connectivity index (χ3v) is 6.98. The van der Waals surface area contributed by atoms with E-state index in [0.29, 0.717) is 15.8 Å². The van der Waals surface area contributed by atoms with Crippen molar-refractivity contribution < 1.29 is 9.29 Å². The highest BCUT2D eigenvalue weighted by Gasteiger charge is 2.09. The number of methoxy groups -OCH3 is 1. The van der Waals surface area contributed by atoms with Crippen LogP contribution in [0.4, 0.5) is 0 Å². The quantitative estimate of drug-likeness (QED) is 0.290. The van der Waals surface area contributed by atoms with Crippen LogP contribution in [0.25, 0.3) is 0 Å². The van der Waals surface area contributed by atoms with Gasteiger partial charge >= 0.3 is 0 Å². The van der Waals surface area contributed by atoms with Gasteiger partial charge in [-0.05, 0) is 52.5 Å². The predicted octanol–water partition coefficient (Wildman–Crippen LogP) is 6.20. The molecule has 0 heterocycles. The van der Waals surface area contributed by atoms with Gasteiger partial charge in [0.05, 0.1) is 17.2 Å². The van der Waals surface area contributed by atoms with Crippen LogP contribution in [0.1, 0.15) is 5.56 Å². The second-order valence-electron chi connectivity index (χ2n) is 4.67. The molecule has 24 heavy (non-hydrogen) atoms. The molecule has 0 amide bonds. The molecule has 128 valence electrons. The Morgan fingerprint density at radius 1 is 1.17 bits per heavy atom. The molecule has 2 nitrogen and oxygen atoms in total. The average molecular weight is 419 g/mol. The maximum atomic E-state index is 12.2. The van der Waals surface area contributed by atoms with E-state index in [0.717, 1.165) is 22.0 Å². The third-order valence-electron chi connectivity index (χ3n) is 2.98. The molecule has 1 atom stereocenters. The van der Waals surface area contributed by atoms with Crippen molar-refractivity contribution in [2.24, 2.45) is 0 Å². The molecule has 2 aromatic carbocycles. The maximum absolute atomic E-state index is 12.2. The zero-order chi connectivity index (χ0) is 17.4. The average Bonchev–Trinajstić information content (AvgIpc) is 2.60. The molecule has 0 spiro atoms. The Hall–Kier alpha value is -0.430. The molecule has 0 saturated carbocycles. The molecule has 0 aliphatic rings. The lowest BCUT2D eigenvalue weighted by Crippen LogP contribution is -2.04. The molecular weight excluding hydrogens is 403 g/mol. The van der Waals surface area contributed by atoms with E-state index in [-0.39, 0.29) is 0 Å². The van der Waals surface area contributed by atoms with Gasteiger partial charge in [-0.1, -0.05) is 56.9 Å². The summed E-state index contributed by atoms with van der Waals surface area (Å²) in [6.07, 6.45) is 1.92. The van der Waals surface area contributed by atoms with Crippen molar-refractivity contribution in [3.8, 4) is 5.75 Å². The van der Waals surface area contributed by atoms with Crippen molar-refractivity contribution in [3.05, 3.63) is 69.6 Å². The smallest absolute Gasteiger partial charge is 0.156 e. The molecule has 2 rings (SSSR count). The van der Waals surface area contributed by atoms with Crippen molar-refractivity contribution in [2.75, 3.05) is 12.9 Å². The predicted molar refractivity (Wildman–Crippen MR) is 109 cm³/mol. The summed E-state index contributed by atoms with van der Waals surface area (Å²) in [7, 11) is 4.89. The monoisotopic (exact) mass is 418 g/mol. The normalized spacial score (nSPS) is 12.5. The molecule has 0 fully saturated rings. The second-order valence-corrected chi connectivity index (χ2v) is 9.25. The molecular formula is C17H16Cl2O2S3. The number of benzene rings is 2. The molecule has 0 saturated heterocycles. The van der Waals surface area contributed by atoms with Gasteiger partial charge in [0.1, 0.15) is 11.5 Å². The first kappa shape index (κ1) is 19.9. The summed E-state index contributed by atoms with van der Waals surface area (Å²) >= 11 is 10.8. The zero-order valence-corrected chi connectivity index (χ0v) is 16.9. The topological polar surface area (TPSA) is 32.3 Å². The number of hydrogen-bond acceptors (Lipinski definition) is 4. The number of ether oxygens (including phenoxy) is 1. The summed E-state index contributed by atoms with van der Waals surface area (Å²) in [6.45, 7) is 0. The standard InChI is InChI=1S/C17H16Cl2O2S3/c1-21-14-4-2-5-15(11-14)24(20)9-3-8-22-23-12-13-6-7-16(18)17(19)10-13/h2-8,10-11H,9,12H2,1H3. The first-order valence-corrected chi connectivity index (χ1v) is 11.5. The van der Waals surface area contributed by atoms with E-state index in [1.807, 2.05) is 41.8 Å². The Labute approximate surface area is 163 Å². The summed E-state index contributed by atoms with van der Waals surface area (Å²) < 4.78 is 17.3. The van der Waals surface area contributed by atoms with Gasteiger partial charge < -0.3 is 9.29 Å². The molecule has 0 aliphatic heterocycles. The van der Waals surface area contributed by atoms with E-state index in [9.17, 15) is 4.55 Å². The van der Waals surface area contributed by atoms with E-state index in [2.05, 4.69) is 0 Å². The van der Waals surface area contributed by atoms with Gasteiger partial charge in [0.15, 0.2) is 4.90 Å². The van der Waals surface area contributed by atoms with E-state index in [1.165, 1.54) is 0 Å². The van der Waals surface area contributed by atoms with Crippen molar-refractivity contribution in [2.45, 2.75) is 10.6 Å². The van der Waals surface area contributed by atoms with Gasteiger partial charge in [0.25, 0.3) is 0 Å². The minimum Gasteiger partial charge on any atom is -0.611 e. The second kappa shape index (κ2) is 10.5. The fraction of sp³-hybridized carbons (Fsp3) is 0.176. The highest BCUT2D eigenvalue weighted by atomic mass is 35.5. The Morgan fingerprint density at radius 2 is 2.00 bits per heavy atom. The summed E-state index contributed by atoms with van der Waals surface area (Å²) in [5.41, 5.74) is 1.12. The molecule has 0 radical (unpaired) electrons. The van der Waals surface area contributed by atoms with Gasteiger partial charge in [0.2, 0.25) is 0 Å². The summed E-state index contributed by atoms with van der Waals surface area (Å²) in [4.78, 5) is 0.771. The molecule has 0 bridgehead atoms. The third kappa shape index (κ3) is 6.47. The highest BCUT2D eigenvalue weighted by molar-refractivity contribution is 8.77. The first-order chi connectivity index (χ1) is 11.6. The van der Waals surface area contributed by atoms with Crippen LogP contribution in [-0.2, 0) is 16.9 Å². The minimum atomic E-state index is -1.06. The number of rotatable bonds is 8. The van der Waals surface area contributed by atoms with Crippen LogP contribution >= 0.6 is 44.8 Å². The van der Waals surface area contributed by atoms with Crippen LogP contribution in [0, 0.1) is 0 Å². The molecule has 0 N–H and O–H groups in total. The van der Waals surface area contributed by atoms with Crippen molar-refractivity contribution in [1.29, 1.82) is 0 Å². The fourth-order valence-corrected chi connectivity index (χ4v) is 4.88. The minimum absolute atomic E-state index is 0.480. The zero-order valence-electron chi connectivity index (χ0n) is 12.9. The van der Waals surface area contributed by atoms with Gasteiger partial charge in [-0.25, -0.2) is 0 Å². The van der Waals surface area contributed by atoms with Gasteiger partial charge in [-0.2, -0.15) is 0 Å². The number of hydrogen-bond donors (Lipinski definition) is 0. The molecule has 0 aromatic heterocycles. The summed E-state index contributed by atoms with van der Waals surface area (Å²) in [5.74, 6) is 2.02. The van der Waals surface area contributed by atoms with Crippen LogP contribution in [0.15, 0.2) is 58.8 Å². The van der Waals surface area contributed by atoms with Crippen LogP contribution < -0.4 is 4.74 Å². The van der Waals surface area contributed by atoms with Crippen LogP contribution in [-0.4, -0.2) is 17.4 Å². The Balaban J connectivity index is 1.73. The van der Waals surface area contributed by atoms with Gasteiger partial charge in [0, 0.05) is 11.8 Å². The lowest BCUT2D eigenvalue weighted by molar-refractivity contribution is 0.413. The van der Waals surface area contributed by atoms with E-state index < -0.39 is 11.2 Å². The highest BCUT2D eigenvalue weighted by Crippen LogP contribution is 2.30. The van der Waals surface area contributed by atoms with Gasteiger partial charge in [-0.3, -0.25) is 0 Å².